The lowest BCUT2D eigenvalue weighted by molar-refractivity contribution is -0.123. The minimum Gasteiger partial charge on any atom is -0.482 e. The topological polar surface area (TPSA) is 73.2 Å². The molecule has 2 aromatic carbocycles. The van der Waals surface area contributed by atoms with Gasteiger partial charge in [-0.15, -0.1) is 0 Å². The summed E-state index contributed by atoms with van der Waals surface area (Å²) in [5.74, 6) is 0.0473. The average molecular weight is 418 g/mol. The van der Waals surface area contributed by atoms with Gasteiger partial charge in [0.2, 0.25) is 0 Å². The van der Waals surface area contributed by atoms with Gasteiger partial charge in [-0.1, -0.05) is 53.5 Å². The van der Waals surface area contributed by atoms with E-state index in [1.807, 2.05) is 30.3 Å². The van der Waals surface area contributed by atoms with Gasteiger partial charge in [-0.3, -0.25) is 14.2 Å². The SMILES string of the molecule is O=C(COc1ccc(Cl)cc1Cl)NCCn1cnc(-c2ccccc2)cc1=O. The van der Waals surface area contributed by atoms with Crippen molar-refractivity contribution < 1.29 is 9.53 Å². The number of rotatable bonds is 7. The van der Waals surface area contributed by atoms with Crippen molar-refractivity contribution >= 4 is 29.1 Å². The van der Waals surface area contributed by atoms with Gasteiger partial charge in [0.25, 0.3) is 11.5 Å². The van der Waals surface area contributed by atoms with Gasteiger partial charge in [-0.05, 0) is 18.2 Å². The highest BCUT2D eigenvalue weighted by Crippen LogP contribution is 2.27. The van der Waals surface area contributed by atoms with E-state index in [1.165, 1.54) is 23.0 Å². The van der Waals surface area contributed by atoms with E-state index in [1.54, 1.807) is 12.1 Å². The van der Waals surface area contributed by atoms with Crippen molar-refractivity contribution in [1.29, 1.82) is 0 Å². The van der Waals surface area contributed by atoms with Crippen LogP contribution in [-0.2, 0) is 11.3 Å². The Bertz CT molecular complexity index is 1020. The zero-order valence-corrected chi connectivity index (χ0v) is 16.3. The van der Waals surface area contributed by atoms with Crippen molar-refractivity contribution in [2.75, 3.05) is 13.2 Å². The van der Waals surface area contributed by atoms with Crippen LogP contribution in [0.3, 0.4) is 0 Å². The van der Waals surface area contributed by atoms with Gasteiger partial charge < -0.3 is 10.1 Å². The summed E-state index contributed by atoms with van der Waals surface area (Å²) in [4.78, 5) is 28.4. The standard InChI is InChI=1S/C20H17Cl2N3O3/c21-15-6-7-18(16(22)10-15)28-12-19(26)23-8-9-25-13-24-17(11-20(25)27)14-4-2-1-3-5-14/h1-7,10-11,13H,8-9,12H2,(H,23,26). The fourth-order valence-corrected chi connectivity index (χ4v) is 2.93. The highest BCUT2D eigenvalue weighted by molar-refractivity contribution is 6.35. The molecule has 3 rings (SSSR count). The molecule has 0 atom stereocenters. The summed E-state index contributed by atoms with van der Waals surface area (Å²) in [5, 5.41) is 3.50. The normalized spacial score (nSPS) is 10.5. The van der Waals surface area contributed by atoms with Crippen LogP contribution in [0.4, 0.5) is 0 Å². The van der Waals surface area contributed by atoms with E-state index in [4.69, 9.17) is 27.9 Å². The Hall–Kier alpha value is -2.83. The first-order valence-electron chi connectivity index (χ1n) is 8.49. The maximum atomic E-state index is 12.2. The molecule has 0 aliphatic rings. The summed E-state index contributed by atoms with van der Waals surface area (Å²) < 4.78 is 6.80. The smallest absolute Gasteiger partial charge is 0.258 e. The molecule has 1 heterocycles. The van der Waals surface area contributed by atoms with E-state index in [0.29, 0.717) is 28.0 Å². The van der Waals surface area contributed by atoms with Crippen LogP contribution in [0.2, 0.25) is 10.0 Å². The fourth-order valence-electron chi connectivity index (χ4n) is 2.46. The second kappa shape index (κ2) is 9.39. The average Bonchev–Trinajstić information content (AvgIpc) is 2.69. The van der Waals surface area contributed by atoms with Gasteiger partial charge in [0.1, 0.15) is 5.75 Å². The number of carbonyl (C=O) groups excluding carboxylic acids is 1. The first-order valence-corrected chi connectivity index (χ1v) is 9.25. The molecule has 6 nitrogen and oxygen atoms in total. The molecule has 0 aliphatic carbocycles. The lowest BCUT2D eigenvalue weighted by atomic mass is 10.1. The number of nitrogens with zero attached hydrogens (tertiary/aromatic N) is 2. The van der Waals surface area contributed by atoms with Crippen LogP contribution in [0.1, 0.15) is 0 Å². The van der Waals surface area contributed by atoms with Crippen molar-refractivity contribution in [3.63, 3.8) is 0 Å². The molecule has 0 spiro atoms. The monoisotopic (exact) mass is 417 g/mol. The minimum absolute atomic E-state index is 0.188. The van der Waals surface area contributed by atoms with Crippen molar-refractivity contribution in [3.05, 3.63) is 81.3 Å². The quantitative estimate of drug-likeness (QED) is 0.638. The number of ether oxygens (including phenoxy) is 1. The van der Waals surface area contributed by atoms with E-state index in [2.05, 4.69) is 10.3 Å². The predicted molar refractivity (Wildman–Crippen MR) is 109 cm³/mol. The third-order valence-electron chi connectivity index (χ3n) is 3.88. The number of hydrogen-bond donors (Lipinski definition) is 1. The molecular weight excluding hydrogens is 401 g/mol. The number of aromatic nitrogens is 2. The molecule has 144 valence electrons. The van der Waals surface area contributed by atoms with Gasteiger partial charge in [0.15, 0.2) is 6.61 Å². The van der Waals surface area contributed by atoms with Crippen molar-refractivity contribution in [3.8, 4) is 17.0 Å². The largest absolute Gasteiger partial charge is 0.482 e. The molecule has 8 heteroatoms. The molecule has 0 radical (unpaired) electrons. The first kappa shape index (κ1) is 19.9. The van der Waals surface area contributed by atoms with Crippen molar-refractivity contribution in [2.45, 2.75) is 6.54 Å². The molecule has 1 amide bonds. The van der Waals surface area contributed by atoms with Gasteiger partial charge in [0.05, 0.1) is 17.0 Å². The van der Waals surface area contributed by atoms with Crippen LogP contribution in [0.15, 0.2) is 65.7 Å². The van der Waals surface area contributed by atoms with Crippen LogP contribution in [0, 0.1) is 0 Å². The molecule has 0 bridgehead atoms. The Kier molecular flexibility index (Phi) is 6.68. The maximum Gasteiger partial charge on any atom is 0.258 e. The Morgan fingerprint density at radius 1 is 1.11 bits per heavy atom. The zero-order chi connectivity index (χ0) is 19.9. The summed E-state index contributed by atoms with van der Waals surface area (Å²) in [6.07, 6.45) is 1.47. The van der Waals surface area contributed by atoms with Crippen molar-refractivity contribution in [1.82, 2.24) is 14.9 Å². The summed E-state index contributed by atoms with van der Waals surface area (Å²) in [7, 11) is 0. The maximum absolute atomic E-state index is 12.2. The Labute approximate surface area is 171 Å². The minimum atomic E-state index is -0.326. The van der Waals surface area contributed by atoms with E-state index in [9.17, 15) is 9.59 Å². The second-order valence-corrected chi connectivity index (χ2v) is 6.73. The van der Waals surface area contributed by atoms with E-state index >= 15 is 0 Å². The summed E-state index contributed by atoms with van der Waals surface area (Å²) >= 11 is 11.8. The third-order valence-corrected chi connectivity index (χ3v) is 4.41. The number of carbonyl (C=O) groups is 1. The van der Waals surface area contributed by atoms with Gasteiger partial charge in [-0.2, -0.15) is 0 Å². The van der Waals surface area contributed by atoms with Crippen LogP contribution in [-0.4, -0.2) is 28.6 Å². The molecule has 28 heavy (non-hydrogen) atoms. The Morgan fingerprint density at radius 2 is 1.89 bits per heavy atom. The molecule has 0 aliphatic heterocycles. The Balaban J connectivity index is 1.49. The van der Waals surface area contributed by atoms with Gasteiger partial charge in [-0.25, -0.2) is 4.98 Å². The van der Waals surface area contributed by atoms with E-state index < -0.39 is 0 Å². The van der Waals surface area contributed by atoms with Crippen molar-refractivity contribution in [2.24, 2.45) is 0 Å². The van der Waals surface area contributed by atoms with Crippen LogP contribution >= 0.6 is 23.2 Å². The third kappa shape index (κ3) is 5.34. The number of nitrogens with one attached hydrogen (secondary N) is 1. The van der Waals surface area contributed by atoms with Gasteiger partial charge in [0, 0.05) is 29.7 Å². The highest BCUT2D eigenvalue weighted by atomic mass is 35.5. The van der Waals surface area contributed by atoms with E-state index in [0.717, 1.165) is 5.56 Å². The molecular formula is C20H17Cl2N3O3. The molecule has 0 unspecified atom stereocenters. The first-order chi connectivity index (χ1) is 13.5. The number of hydrogen-bond acceptors (Lipinski definition) is 4. The Morgan fingerprint density at radius 3 is 2.61 bits per heavy atom. The molecule has 0 saturated heterocycles. The molecule has 1 aromatic heterocycles. The molecule has 3 aromatic rings. The van der Waals surface area contributed by atoms with Gasteiger partial charge >= 0.3 is 0 Å². The summed E-state index contributed by atoms with van der Waals surface area (Å²) in [5.41, 5.74) is 1.30. The lowest BCUT2D eigenvalue weighted by Gasteiger charge is -2.10. The van der Waals surface area contributed by atoms with Crippen LogP contribution in [0.25, 0.3) is 11.3 Å². The number of halogens is 2. The highest BCUT2D eigenvalue weighted by Gasteiger charge is 2.07. The predicted octanol–water partition coefficient (Wildman–Crippen LogP) is 3.41. The van der Waals surface area contributed by atoms with E-state index in [-0.39, 0.29) is 24.6 Å². The molecule has 1 N–H and O–H groups in total. The number of benzene rings is 2. The zero-order valence-electron chi connectivity index (χ0n) is 14.8. The summed E-state index contributed by atoms with van der Waals surface area (Å²) in [6.45, 7) is 0.374. The van der Waals surface area contributed by atoms with Crippen LogP contribution < -0.4 is 15.6 Å². The fraction of sp³-hybridized carbons (Fsp3) is 0.150. The second-order valence-electron chi connectivity index (χ2n) is 5.89. The molecule has 0 saturated carbocycles. The van der Waals surface area contributed by atoms with Crippen LogP contribution in [0.5, 0.6) is 5.75 Å². The molecule has 0 fully saturated rings. The lowest BCUT2D eigenvalue weighted by Crippen LogP contribution is -2.33. The summed E-state index contributed by atoms with van der Waals surface area (Å²) in [6, 6.07) is 15.7. The number of amides is 1.